The minimum Gasteiger partial charge on any atom is -0.457 e. The first kappa shape index (κ1) is 18.7. The molecule has 0 radical (unpaired) electrons. The SMILES string of the molecule is Cc1ccc(Oc2ccc(NC(=O)C(=O)N[C@@H]3CCc4cn[nH]c4C3)cc2)cc1. The van der Waals surface area contributed by atoms with Crippen molar-refractivity contribution in [2.75, 3.05) is 5.32 Å². The van der Waals surface area contributed by atoms with Crippen molar-refractivity contribution in [3.8, 4) is 11.5 Å². The van der Waals surface area contributed by atoms with Crippen LogP contribution in [0, 0.1) is 6.92 Å². The third kappa shape index (κ3) is 4.63. The number of nitrogens with one attached hydrogen (secondary N) is 3. The van der Waals surface area contributed by atoms with Crippen molar-refractivity contribution in [3.05, 3.63) is 71.5 Å². The second-order valence-corrected chi connectivity index (χ2v) is 7.18. The van der Waals surface area contributed by atoms with Crippen molar-refractivity contribution >= 4 is 17.5 Å². The van der Waals surface area contributed by atoms with Gasteiger partial charge in [0.15, 0.2) is 0 Å². The van der Waals surface area contributed by atoms with E-state index in [1.54, 1.807) is 24.3 Å². The Bertz CT molecular complexity index is 1010. The number of benzene rings is 2. The fourth-order valence-electron chi connectivity index (χ4n) is 3.32. The molecule has 2 aromatic carbocycles. The van der Waals surface area contributed by atoms with Gasteiger partial charge in [-0.1, -0.05) is 17.7 Å². The lowest BCUT2D eigenvalue weighted by atomic mass is 9.94. The van der Waals surface area contributed by atoms with Gasteiger partial charge in [0, 0.05) is 23.8 Å². The van der Waals surface area contributed by atoms with Crippen LogP contribution < -0.4 is 15.4 Å². The molecule has 1 atom stereocenters. The second-order valence-electron chi connectivity index (χ2n) is 7.18. The number of ether oxygens (including phenoxy) is 1. The smallest absolute Gasteiger partial charge is 0.313 e. The van der Waals surface area contributed by atoms with Gasteiger partial charge in [0.2, 0.25) is 0 Å². The number of rotatable bonds is 4. The first-order chi connectivity index (χ1) is 14.1. The molecule has 0 spiro atoms. The van der Waals surface area contributed by atoms with Crippen LogP contribution in [0.15, 0.2) is 54.7 Å². The molecule has 3 N–H and O–H groups in total. The highest BCUT2D eigenvalue weighted by atomic mass is 16.5. The zero-order valence-corrected chi connectivity index (χ0v) is 16.1. The van der Waals surface area contributed by atoms with Gasteiger partial charge in [-0.2, -0.15) is 5.10 Å². The van der Waals surface area contributed by atoms with E-state index >= 15 is 0 Å². The zero-order chi connectivity index (χ0) is 20.2. The number of aromatic amines is 1. The largest absolute Gasteiger partial charge is 0.457 e. The number of carbonyl (C=O) groups is 2. The molecule has 7 nitrogen and oxygen atoms in total. The van der Waals surface area contributed by atoms with Gasteiger partial charge >= 0.3 is 11.8 Å². The van der Waals surface area contributed by atoms with Gasteiger partial charge in [0.25, 0.3) is 0 Å². The lowest BCUT2D eigenvalue weighted by Crippen LogP contribution is -2.44. The van der Waals surface area contributed by atoms with Crippen LogP contribution in [0.2, 0.25) is 0 Å². The Morgan fingerprint density at radius 3 is 2.45 bits per heavy atom. The number of aromatic nitrogens is 2. The molecule has 1 aromatic heterocycles. The lowest BCUT2D eigenvalue weighted by Gasteiger charge is -2.22. The highest BCUT2D eigenvalue weighted by Crippen LogP contribution is 2.23. The average Bonchev–Trinajstić information content (AvgIpc) is 3.19. The Morgan fingerprint density at radius 2 is 1.72 bits per heavy atom. The first-order valence-electron chi connectivity index (χ1n) is 9.54. The number of anilines is 1. The van der Waals surface area contributed by atoms with Gasteiger partial charge in [-0.05, 0) is 61.7 Å². The third-order valence-corrected chi connectivity index (χ3v) is 4.93. The molecule has 3 aromatic rings. The van der Waals surface area contributed by atoms with Crippen LogP contribution in [0.5, 0.6) is 11.5 Å². The summed E-state index contributed by atoms with van der Waals surface area (Å²) in [6.45, 7) is 2.01. The van der Waals surface area contributed by atoms with Crippen LogP contribution in [0.1, 0.15) is 23.2 Å². The number of hydrogen-bond donors (Lipinski definition) is 3. The molecule has 1 aliphatic rings. The van der Waals surface area contributed by atoms with E-state index in [0.717, 1.165) is 29.8 Å². The minimum atomic E-state index is -0.687. The summed E-state index contributed by atoms with van der Waals surface area (Å²) in [5.74, 6) is 0.0547. The Hall–Kier alpha value is -3.61. The van der Waals surface area contributed by atoms with Gasteiger partial charge in [0.05, 0.1) is 6.20 Å². The molecule has 4 rings (SSSR count). The van der Waals surface area contributed by atoms with Crippen molar-refractivity contribution < 1.29 is 14.3 Å². The number of amides is 2. The molecule has 29 heavy (non-hydrogen) atoms. The average molecular weight is 390 g/mol. The Labute approximate surface area is 168 Å². The Kier molecular flexibility index (Phi) is 5.29. The molecule has 0 fully saturated rings. The Morgan fingerprint density at radius 1 is 1.03 bits per heavy atom. The monoisotopic (exact) mass is 390 g/mol. The predicted octanol–water partition coefficient (Wildman–Crippen LogP) is 3.12. The summed E-state index contributed by atoms with van der Waals surface area (Å²) in [5, 5.41) is 12.4. The second kappa shape index (κ2) is 8.18. The van der Waals surface area contributed by atoms with Crippen molar-refractivity contribution in [3.63, 3.8) is 0 Å². The molecule has 0 unspecified atom stereocenters. The summed E-state index contributed by atoms with van der Waals surface area (Å²) >= 11 is 0. The van der Waals surface area contributed by atoms with Crippen LogP contribution in [0.3, 0.4) is 0 Å². The number of carbonyl (C=O) groups excluding carboxylic acids is 2. The van der Waals surface area contributed by atoms with Crippen molar-refractivity contribution in [2.24, 2.45) is 0 Å². The molecular weight excluding hydrogens is 368 g/mol. The quantitative estimate of drug-likeness (QED) is 0.597. The maximum Gasteiger partial charge on any atom is 0.313 e. The molecular formula is C22H22N4O3. The first-order valence-corrected chi connectivity index (χ1v) is 9.54. The van der Waals surface area contributed by atoms with Crippen molar-refractivity contribution in [1.82, 2.24) is 15.5 Å². The van der Waals surface area contributed by atoms with Gasteiger partial charge in [-0.3, -0.25) is 14.7 Å². The third-order valence-electron chi connectivity index (χ3n) is 4.93. The molecule has 0 aliphatic heterocycles. The number of fused-ring (bicyclic) bond motifs is 1. The van der Waals surface area contributed by atoms with E-state index < -0.39 is 11.8 Å². The highest BCUT2D eigenvalue weighted by Gasteiger charge is 2.24. The predicted molar refractivity (Wildman–Crippen MR) is 109 cm³/mol. The van der Waals surface area contributed by atoms with Crippen LogP contribution in [0.25, 0.3) is 0 Å². The van der Waals surface area contributed by atoms with Gasteiger partial charge in [-0.15, -0.1) is 0 Å². The van der Waals surface area contributed by atoms with Gasteiger partial charge in [0.1, 0.15) is 11.5 Å². The molecule has 0 bridgehead atoms. The minimum absolute atomic E-state index is 0.0773. The summed E-state index contributed by atoms with van der Waals surface area (Å²) in [6, 6.07) is 14.6. The molecule has 0 saturated carbocycles. The Balaban J connectivity index is 1.30. The number of H-pyrrole nitrogens is 1. The van der Waals surface area contributed by atoms with E-state index in [2.05, 4.69) is 20.8 Å². The summed E-state index contributed by atoms with van der Waals surface area (Å²) in [4.78, 5) is 24.4. The summed E-state index contributed by atoms with van der Waals surface area (Å²) in [5.41, 5.74) is 3.88. The number of aryl methyl sites for hydroxylation is 2. The van der Waals surface area contributed by atoms with Crippen LogP contribution in [-0.4, -0.2) is 28.1 Å². The fraction of sp³-hybridized carbons (Fsp3) is 0.227. The summed E-state index contributed by atoms with van der Waals surface area (Å²) < 4.78 is 5.76. The van der Waals surface area contributed by atoms with E-state index in [1.165, 1.54) is 5.56 Å². The lowest BCUT2D eigenvalue weighted by molar-refractivity contribution is -0.136. The maximum absolute atomic E-state index is 12.2. The van der Waals surface area contributed by atoms with E-state index in [0.29, 0.717) is 17.9 Å². The molecule has 148 valence electrons. The fourth-order valence-corrected chi connectivity index (χ4v) is 3.32. The number of hydrogen-bond acceptors (Lipinski definition) is 4. The van der Waals surface area contributed by atoms with Gasteiger partial charge in [-0.25, -0.2) is 0 Å². The highest BCUT2D eigenvalue weighted by molar-refractivity contribution is 6.39. The topological polar surface area (TPSA) is 96.1 Å². The van der Waals surface area contributed by atoms with E-state index in [1.807, 2.05) is 37.4 Å². The maximum atomic E-state index is 12.2. The molecule has 2 amide bonds. The molecule has 7 heteroatoms. The van der Waals surface area contributed by atoms with Crippen molar-refractivity contribution in [2.45, 2.75) is 32.2 Å². The summed E-state index contributed by atoms with van der Waals surface area (Å²) in [7, 11) is 0. The van der Waals surface area contributed by atoms with Crippen molar-refractivity contribution in [1.29, 1.82) is 0 Å². The van der Waals surface area contributed by atoms with Crippen LogP contribution in [0.4, 0.5) is 5.69 Å². The number of nitrogens with zero attached hydrogens (tertiary/aromatic N) is 1. The van der Waals surface area contributed by atoms with E-state index in [9.17, 15) is 9.59 Å². The van der Waals surface area contributed by atoms with Gasteiger partial charge < -0.3 is 15.4 Å². The zero-order valence-electron chi connectivity index (χ0n) is 16.1. The summed E-state index contributed by atoms with van der Waals surface area (Å²) in [6.07, 6.45) is 4.09. The van der Waals surface area contributed by atoms with Crippen LogP contribution >= 0.6 is 0 Å². The molecule has 1 heterocycles. The molecule has 1 aliphatic carbocycles. The van der Waals surface area contributed by atoms with Crippen LogP contribution in [-0.2, 0) is 22.4 Å². The standard InChI is InChI=1S/C22H22N4O3/c1-14-2-8-18(9-3-14)29-19-10-6-16(7-11-19)24-21(27)22(28)25-17-5-4-15-13-23-26-20(15)12-17/h2-3,6-11,13,17H,4-5,12H2,1H3,(H,23,26)(H,24,27)(H,25,28)/t17-/m1/s1. The molecule has 0 saturated heterocycles. The van der Waals surface area contributed by atoms with E-state index in [-0.39, 0.29) is 6.04 Å². The normalized spacial score (nSPS) is 15.3. The van der Waals surface area contributed by atoms with E-state index in [4.69, 9.17) is 4.74 Å².